The largest absolute Gasteiger partial charge is 0.488 e. The number of aliphatic carboxylic acids is 1. The van der Waals surface area contributed by atoms with E-state index < -0.39 is 29.6 Å². The van der Waals surface area contributed by atoms with Crippen LogP contribution in [0.3, 0.4) is 0 Å². The Morgan fingerprint density at radius 2 is 1.74 bits per heavy atom. The first-order chi connectivity index (χ1) is 18.7. The average Bonchev–Trinajstić information content (AvgIpc) is 2.92. The summed E-state index contributed by atoms with van der Waals surface area (Å²) in [5, 5.41) is 24.8. The minimum atomic E-state index is -1.69. The molecule has 208 valence electrons. The first-order valence-electron chi connectivity index (χ1n) is 12.8. The fourth-order valence-electron chi connectivity index (χ4n) is 5.56. The van der Waals surface area contributed by atoms with Crippen LogP contribution in [0.5, 0.6) is 5.75 Å². The number of carbonyl (C=O) groups excluding carboxylic acids is 2. The maximum Gasteiger partial charge on any atom is 0.329 e. The van der Waals surface area contributed by atoms with Gasteiger partial charge in [0.25, 0.3) is 0 Å². The number of nitrogens with two attached hydrogens (primary N) is 1. The van der Waals surface area contributed by atoms with Crippen LogP contribution in [0.25, 0.3) is 0 Å². The molecule has 2 fully saturated rings. The van der Waals surface area contributed by atoms with Gasteiger partial charge in [0.2, 0.25) is 11.8 Å². The molecule has 2 aliphatic heterocycles. The van der Waals surface area contributed by atoms with Crippen LogP contribution < -0.4 is 21.1 Å². The first kappa shape index (κ1) is 28.3. The third-order valence-electron chi connectivity index (χ3n) is 7.24. The molecule has 3 atom stereocenters. The molecule has 4 rings (SSSR count). The lowest BCUT2D eigenvalue weighted by atomic mass is 9.73. The highest BCUT2D eigenvalue weighted by atomic mass is 35.5. The quantitative estimate of drug-likeness (QED) is 0.214. The van der Waals surface area contributed by atoms with Crippen molar-refractivity contribution in [2.75, 3.05) is 39.3 Å². The minimum absolute atomic E-state index is 0.00220. The van der Waals surface area contributed by atoms with E-state index in [0.717, 1.165) is 0 Å². The van der Waals surface area contributed by atoms with E-state index in [1.165, 1.54) is 9.80 Å². The van der Waals surface area contributed by atoms with Crippen molar-refractivity contribution in [2.45, 2.75) is 31.0 Å². The van der Waals surface area contributed by atoms with Crippen molar-refractivity contribution in [1.82, 2.24) is 20.4 Å². The fourth-order valence-corrected chi connectivity index (χ4v) is 5.85. The lowest BCUT2D eigenvalue weighted by molar-refractivity contribution is -0.173. The lowest BCUT2D eigenvalue weighted by Crippen LogP contribution is -2.74. The Morgan fingerprint density at radius 3 is 2.31 bits per heavy atom. The van der Waals surface area contributed by atoms with Gasteiger partial charge in [-0.1, -0.05) is 36.7 Å². The SMILES string of the molecule is CCC(Oc1ccc(C(=N)N)cc1)C(c1ccccc1Cl)(C(C(=O)O)N1CCNCC1=O)N1CCNCC1=O. The molecule has 6 N–H and O–H groups in total. The molecule has 39 heavy (non-hydrogen) atoms. The number of piperazine rings is 2. The van der Waals surface area contributed by atoms with Crippen molar-refractivity contribution in [3.63, 3.8) is 0 Å². The zero-order valence-corrected chi connectivity index (χ0v) is 22.4. The van der Waals surface area contributed by atoms with Gasteiger partial charge in [-0.05, 0) is 36.8 Å². The average molecular weight is 557 g/mol. The second-order valence-corrected chi connectivity index (χ2v) is 9.89. The van der Waals surface area contributed by atoms with Crippen molar-refractivity contribution in [3.8, 4) is 5.75 Å². The Balaban J connectivity index is 1.99. The molecule has 11 nitrogen and oxygen atoms in total. The lowest BCUT2D eigenvalue weighted by Gasteiger charge is -2.55. The van der Waals surface area contributed by atoms with Gasteiger partial charge >= 0.3 is 5.97 Å². The standard InChI is InChI=1S/C27H33ClN6O5/c1-2-21(39-18-9-7-17(8-10-18)25(29)30)27(19-5-3-4-6-20(19)28,34-14-12-32-16-23(34)36)24(26(37)38)33-13-11-31-15-22(33)35/h3-10,21,24,31-32H,2,11-16H2,1H3,(H3,29,30)(H,37,38). The Bertz CT molecular complexity index is 1240. The van der Waals surface area contributed by atoms with E-state index in [4.69, 9.17) is 27.5 Å². The van der Waals surface area contributed by atoms with E-state index in [1.54, 1.807) is 48.5 Å². The summed E-state index contributed by atoms with van der Waals surface area (Å²) in [6, 6.07) is 11.8. The molecule has 12 heteroatoms. The maximum atomic E-state index is 13.6. The van der Waals surface area contributed by atoms with E-state index in [1.807, 2.05) is 6.92 Å². The zero-order chi connectivity index (χ0) is 28.2. The summed E-state index contributed by atoms with van der Waals surface area (Å²) in [6.07, 6.45) is -0.660. The highest BCUT2D eigenvalue weighted by Crippen LogP contribution is 2.45. The summed E-state index contributed by atoms with van der Waals surface area (Å²) in [6.45, 7) is 2.94. The van der Waals surface area contributed by atoms with Crippen molar-refractivity contribution in [1.29, 1.82) is 5.41 Å². The van der Waals surface area contributed by atoms with Crippen LogP contribution in [0.1, 0.15) is 24.5 Å². The van der Waals surface area contributed by atoms with Crippen molar-refractivity contribution < 1.29 is 24.2 Å². The Labute approximate surface area is 231 Å². The molecule has 0 bridgehead atoms. The van der Waals surface area contributed by atoms with Crippen LogP contribution >= 0.6 is 11.6 Å². The molecular weight excluding hydrogens is 524 g/mol. The molecule has 0 spiro atoms. The number of hydrogen-bond acceptors (Lipinski definition) is 7. The number of ether oxygens (including phenoxy) is 1. The number of benzene rings is 2. The molecule has 0 radical (unpaired) electrons. The fraction of sp³-hybridized carbons (Fsp3) is 0.407. The first-order valence-corrected chi connectivity index (χ1v) is 13.2. The van der Waals surface area contributed by atoms with Crippen molar-refractivity contribution in [3.05, 3.63) is 64.7 Å². The van der Waals surface area contributed by atoms with E-state index in [9.17, 15) is 19.5 Å². The third-order valence-corrected chi connectivity index (χ3v) is 7.56. The summed E-state index contributed by atoms with van der Waals surface area (Å²) in [7, 11) is 0. The number of rotatable bonds is 10. The molecular formula is C27H33ClN6O5. The Morgan fingerprint density at radius 1 is 1.10 bits per heavy atom. The zero-order valence-electron chi connectivity index (χ0n) is 21.7. The van der Waals surface area contributed by atoms with Crippen molar-refractivity contribution in [2.24, 2.45) is 5.73 Å². The minimum Gasteiger partial charge on any atom is -0.488 e. The van der Waals surface area contributed by atoms with E-state index in [-0.39, 0.29) is 49.4 Å². The second-order valence-electron chi connectivity index (χ2n) is 9.48. The van der Waals surface area contributed by atoms with Gasteiger partial charge in [0.15, 0.2) is 6.04 Å². The normalized spacial score (nSPS) is 19.2. The summed E-state index contributed by atoms with van der Waals surface area (Å²) in [5.74, 6) is -1.71. The van der Waals surface area contributed by atoms with Crippen LogP contribution in [0.2, 0.25) is 5.02 Å². The van der Waals surface area contributed by atoms with Gasteiger partial charge in [-0.2, -0.15) is 0 Å². The molecule has 2 amide bonds. The summed E-state index contributed by atoms with van der Waals surface area (Å²) < 4.78 is 6.53. The number of nitrogens with zero attached hydrogens (tertiary/aromatic N) is 2. The van der Waals surface area contributed by atoms with Gasteiger partial charge in [0, 0.05) is 42.3 Å². The van der Waals surface area contributed by atoms with Gasteiger partial charge in [-0.25, -0.2) is 4.79 Å². The molecule has 2 heterocycles. The number of carboxylic acid groups (broad SMARTS) is 1. The molecule has 2 aliphatic rings. The predicted molar refractivity (Wildman–Crippen MR) is 146 cm³/mol. The molecule has 2 saturated heterocycles. The predicted octanol–water partition coefficient (Wildman–Crippen LogP) is 0.994. The molecule has 0 saturated carbocycles. The Hall–Kier alpha value is -3.67. The van der Waals surface area contributed by atoms with Gasteiger partial charge in [0.05, 0.1) is 13.1 Å². The number of nitrogen functional groups attached to an aromatic ring is 1. The topological polar surface area (TPSA) is 161 Å². The number of carbonyl (C=O) groups is 3. The van der Waals surface area contributed by atoms with Crippen LogP contribution in [0.4, 0.5) is 0 Å². The van der Waals surface area contributed by atoms with Crippen LogP contribution in [-0.2, 0) is 19.9 Å². The third kappa shape index (κ3) is 5.42. The summed E-state index contributed by atoms with van der Waals surface area (Å²) in [5.41, 5.74) is 4.80. The number of halogens is 1. The van der Waals surface area contributed by atoms with E-state index >= 15 is 0 Å². The molecule has 3 unspecified atom stereocenters. The molecule has 2 aromatic carbocycles. The van der Waals surface area contributed by atoms with Crippen LogP contribution in [0.15, 0.2) is 48.5 Å². The molecule has 2 aromatic rings. The number of nitrogens with one attached hydrogen (secondary N) is 3. The number of carboxylic acids is 1. The molecule has 0 aliphatic carbocycles. The summed E-state index contributed by atoms with van der Waals surface area (Å²) >= 11 is 6.80. The van der Waals surface area contributed by atoms with E-state index in [0.29, 0.717) is 30.0 Å². The highest BCUT2D eigenvalue weighted by molar-refractivity contribution is 6.31. The van der Waals surface area contributed by atoms with Crippen LogP contribution in [-0.4, -0.2) is 89.9 Å². The molecule has 0 aromatic heterocycles. The van der Waals surface area contributed by atoms with Gasteiger partial charge in [-0.15, -0.1) is 0 Å². The highest BCUT2D eigenvalue weighted by Gasteiger charge is 2.60. The van der Waals surface area contributed by atoms with E-state index in [2.05, 4.69) is 10.6 Å². The number of hydrogen-bond donors (Lipinski definition) is 5. The number of amidine groups is 1. The monoisotopic (exact) mass is 556 g/mol. The maximum absolute atomic E-state index is 13.6. The van der Waals surface area contributed by atoms with Gasteiger partial charge in [-0.3, -0.25) is 15.0 Å². The Kier molecular flexibility index (Phi) is 8.73. The van der Waals surface area contributed by atoms with Gasteiger partial charge < -0.3 is 36.0 Å². The summed E-state index contributed by atoms with van der Waals surface area (Å²) in [4.78, 5) is 43.0. The van der Waals surface area contributed by atoms with Crippen molar-refractivity contribution >= 4 is 35.2 Å². The smallest absolute Gasteiger partial charge is 0.329 e. The number of amides is 2. The van der Waals surface area contributed by atoms with Gasteiger partial charge in [0.1, 0.15) is 23.2 Å². The van der Waals surface area contributed by atoms with Crippen LogP contribution in [0, 0.1) is 5.41 Å². The second kappa shape index (κ2) is 12.0.